The van der Waals surface area contributed by atoms with Gasteiger partial charge in [-0.2, -0.15) is 0 Å². The number of hydrogen-bond donors (Lipinski definition) is 1. The van der Waals surface area contributed by atoms with Crippen molar-refractivity contribution in [3.63, 3.8) is 0 Å². The van der Waals surface area contributed by atoms with Crippen LogP contribution in [-0.2, 0) is 19.1 Å². The van der Waals surface area contributed by atoms with Crippen LogP contribution < -0.4 is 10.1 Å². The van der Waals surface area contributed by atoms with Crippen LogP contribution in [-0.4, -0.2) is 74.0 Å². The molecule has 2 fully saturated rings. The van der Waals surface area contributed by atoms with Crippen molar-refractivity contribution < 1.29 is 23.9 Å². The van der Waals surface area contributed by atoms with Crippen molar-refractivity contribution in [2.75, 3.05) is 46.5 Å². The fraction of sp³-hybridized carbons (Fsp3) is 0.542. The van der Waals surface area contributed by atoms with Crippen LogP contribution in [0.15, 0.2) is 36.4 Å². The van der Waals surface area contributed by atoms with Crippen molar-refractivity contribution in [3.8, 4) is 5.75 Å². The lowest BCUT2D eigenvalue weighted by molar-refractivity contribution is -0.140. The van der Waals surface area contributed by atoms with E-state index < -0.39 is 0 Å². The highest BCUT2D eigenvalue weighted by molar-refractivity contribution is 6.05. The summed E-state index contributed by atoms with van der Waals surface area (Å²) in [6.07, 6.45) is 5.27. The minimum absolute atomic E-state index is 0.0118. The molecule has 0 aromatic heterocycles. The van der Waals surface area contributed by atoms with Gasteiger partial charge in [0.05, 0.1) is 38.2 Å². The molecular weight excluding hydrogens is 410 g/mol. The molecule has 4 rings (SSSR count). The van der Waals surface area contributed by atoms with Crippen LogP contribution in [0.5, 0.6) is 5.75 Å². The van der Waals surface area contributed by atoms with E-state index >= 15 is 0 Å². The predicted octanol–water partition coefficient (Wildman–Crippen LogP) is 1.53. The van der Waals surface area contributed by atoms with E-state index in [1.807, 2.05) is 36.4 Å². The SMILES string of the molecule is COc1ccc(C(CNC(=O)CCN2C(=O)C3CC=CCC3C2=O)N2CCOCC2)cc1. The Morgan fingerprint density at radius 2 is 1.72 bits per heavy atom. The van der Waals surface area contributed by atoms with Gasteiger partial charge in [0.1, 0.15) is 5.75 Å². The van der Waals surface area contributed by atoms with Gasteiger partial charge in [-0.05, 0) is 30.5 Å². The first-order chi connectivity index (χ1) is 15.6. The smallest absolute Gasteiger partial charge is 0.233 e. The maximum atomic E-state index is 12.6. The molecular formula is C24H31N3O5. The summed E-state index contributed by atoms with van der Waals surface area (Å²) in [6, 6.07) is 7.88. The maximum Gasteiger partial charge on any atom is 0.233 e. The normalized spacial score (nSPS) is 24.3. The van der Waals surface area contributed by atoms with Crippen molar-refractivity contribution >= 4 is 17.7 Å². The molecule has 3 unspecified atom stereocenters. The molecule has 3 amide bonds. The second-order valence-corrected chi connectivity index (χ2v) is 8.48. The van der Waals surface area contributed by atoms with Gasteiger partial charge in [-0.3, -0.25) is 24.2 Å². The third-order valence-corrected chi connectivity index (χ3v) is 6.64. The number of amides is 3. The summed E-state index contributed by atoms with van der Waals surface area (Å²) in [5.41, 5.74) is 1.09. The minimum atomic E-state index is -0.253. The number of fused-ring (bicyclic) bond motifs is 1. The Bertz CT molecular complexity index is 837. The van der Waals surface area contributed by atoms with Gasteiger partial charge >= 0.3 is 0 Å². The average Bonchev–Trinajstić information content (AvgIpc) is 3.08. The van der Waals surface area contributed by atoms with Crippen LogP contribution in [0.2, 0.25) is 0 Å². The molecule has 8 nitrogen and oxygen atoms in total. The molecule has 32 heavy (non-hydrogen) atoms. The number of imide groups is 1. The Balaban J connectivity index is 1.33. The molecule has 2 aliphatic heterocycles. The lowest BCUT2D eigenvalue weighted by atomic mass is 9.85. The fourth-order valence-electron chi connectivity index (χ4n) is 4.77. The number of allylic oxidation sites excluding steroid dienone is 2. The number of hydrogen-bond acceptors (Lipinski definition) is 6. The average molecular weight is 442 g/mol. The van der Waals surface area contributed by atoms with E-state index in [-0.39, 0.29) is 48.6 Å². The summed E-state index contributed by atoms with van der Waals surface area (Å²) in [5, 5.41) is 3.01. The Kier molecular flexibility index (Phi) is 7.22. The molecule has 0 spiro atoms. The van der Waals surface area contributed by atoms with E-state index in [0.29, 0.717) is 32.6 Å². The zero-order chi connectivity index (χ0) is 22.5. The van der Waals surface area contributed by atoms with Gasteiger partial charge in [-0.15, -0.1) is 0 Å². The van der Waals surface area contributed by atoms with Crippen molar-refractivity contribution in [1.82, 2.24) is 15.1 Å². The number of likely N-dealkylation sites (tertiary alicyclic amines) is 1. The van der Waals surface area contributed by atoms with Gasteiger partial charge in [0.2, 0.25) is 17.7 Å². The molecule has 1 aliphatic carbocycles. The summed E-state index contributed by atoms with van der Waals surface area (Å²) >= 11 is 0. The molecule has 3 aliphatic rings. The van der Waals surface area contributed by atoms with E-state index in [1.54, 1.807) is 7.11 Å². The van der Waals surface area contributed by atoms with Crippen LogP contribution in [0.1, 0.15) is 30.9 Å². The van der Waals surface area contributed by atoms with E-state index in [2.05, 4.69) is 10.2 Å². The Morgan fingerprint density at radius 3 is 2.31 bits per heavy atom. The first kappa shape index (κ1) is 22.5. The van der Waals surface area contributed by atoms with Crippen LogP contribution >= 0.6 is 0 Å². The number of rotatable bonds is 8. The van der Waals surface area contributed by atoms with Crippen molar-refractivity contribution in [3.05, 3.63) is 42.0 Å². The maximum absolute atomic E-state index is 12.6. The second-order valence-electron chi connectivity index (χ2n) is 8.48. The molecule has 2 heterocycles. The fourth-order valence-corrected chi connectivity index (χ4v) is 4.77. The third kappa shape index (κ3) is 4.86. The predicted molar refractivity (Wildman–Crippen MR) is 118 cm³/mol. The highest BCUT2D eigenvalue weighted by atomic mass is 16.5. The highest BCUT2D eigenvalue weighted by Gasteiger charge is 2.46. The van der Waals surface area contributed by atoms with Crippen LogP contribution in [0.25, 0.3) is 0 Å². The third-order valence-electron chi connectivity index (χ3n) is 6.64. The number of morpholine rings is 1. The van der Waals surface area contributed by atoms with Gasteiger partial charge in [0, 0.05) is 32.6 Å². The largest absolute Gasteiger partial charge is 0.497 e. The molecule has 0 bridgehead atoms. The molecule has 1 aromatic rings. The lowest BCUT2D eigenvalue weighted by Gasteiger charge is -2.35. The monoisotopic (exact) mass is 441 g/mol. The molecule has 0 saturated carbocycles. The van der Waals surface area contributed by atoms with Gasteiger partial charge in [0.15, 0.2) is 0 Å². The highest BCUT2D eigenvalue weighted by Crippen LogP contribution is 2.35. The van der Waals surface area contributed by atoms with Gasteiger partial charge in [0.25, 0.3) is 0 Å². The van der Waals surface area contributed by atoms with Gasteiger partial charge in [-0.25, -0.2) is 0 Å². The number of nitrogens with zero attached hydrogens (tertiary/aromatic N) is 2. The standard InChI is InChI=1S/C24H31N3O5/c1-31-18-8-6-17(7-9-18)21(26-12-14-32-15-13-26)16-25-22(28)10-11-27-23(29)19-4-2-3-5-20(19)24(27)30/h2-3,6-9,19-21H,4-5,10-16H2,1H3,(H,25,28). The molecule has 8 heteroatoms. The first-order valence-corrected chi connectivity index (χ1v) is 11.3. The topological polar surface area (TPSA) is 88.2 Å². The van der Waals surface area contributed by atoms with Crippen molar-refractivity contribution in [2.45, 2.75) is 25.3 Å². The summed E-state index contributed by atoms with van der Waals surface area (Å²) < 4.78 is 10.7. The number of ether oxygens (including phenoxy) is 2. The summed E-state index contributed by atoms with van der Waals surface area (Å²) in [4.78, 5) is 41.4. The van der Waals surface area contributed by atoms with E-state index in [0.717, 1.165) is 24.4 Å². The molecule has 2 saturated heterocycles. The van der Waals surface area contributed by atoms with Gasteiger partial charge < -0.3 is 14.8 Å². The molecule has 3 atom stereocenters. The van der Waals surface area contributed by atoms with Crippen LogP contribution in [0.3, 0.4) is 0 Å². The Hall–Kier alpha value is -2.71. The van der Waals surface area contributed by atoms with E-state index in [9.17, 15) is 14.4 Å². The zero-order valence-electron chi connectivity index (χ0n) is 18.5. The van der Waals surface area contributed by atoms with Gasteiger partial charge in [-0.1, -0.05) is 24.3 Å². The first-order valence-electron chi connectivity index (χ1n) is 11.3. The number of carbonyl (C=O) groups is 3. The zero-order valence-corrected chi connectivity index (χ0v) is 18.5. The Morgan fingerprint density at radius 1 is 1.09 bits per heavy atom. The van der Waals surface area contributed by atoms with Crippen LogP contribution in [0.4, 0.5) is 0 Å². The quantitative estimate of drug-likeness (QED) is 0.486. The van der Waals surface area contributed by atoms with Crippen molar-refractivity contribution in [2.24, 2.45) is 11.8 Å². The minimum Gasteiger partial charge on any atom is -0.497 e. The summed E-state index contributed by atoms with van der Waals surface area (Å²) in [5.74, 6) is -0.157. The van der Waals surface area contributed by atoms with Crippen molar-refractivity contribution in [1.29, 1.82) is 0 Å². The summed E-state index contributed by atoms with van der Waals surface area (Å²) in [7, 11) is 1.63. The number of carbonyl (C=O) groups excluding carboxylic acids is 3. The molecule has 1 N–H and O–H groups in total. The van der Waals surface area contributed by atoms with Crippen LogP contribution in [0, 0.1) is 11.8 Å². The van der Waals surface area contributed by atoms with E-state index in [4.69, 9.17) is 9.47 Å². The number of methoxy groups -OCH3 is 1. The number of nitrogens with one attached hydrogen (secondary N) is 1. The number of benzene rings is 1. The molecule has 1 aromatic carbocycles. The molecule has 172 valence electrons. The second kappa shape index (κ2) is 10.3. The van der Waals surface area contributed by atoms with E-state index in [1.165, 1.54) is 4.90 Å². The Labute approximate surface area is 188 Å². The lowest BCUT2D eigenvalue weighted by Crippen LogP contribution is -2.44. The molecule has 0 radical (unpaired) electrons. The summed E-state index contributed by atoms with van der Waals surface area (Å²) in [6.45, 7) is 3.50.